The van der Waals surface area contributed by atoms with E-state index in [1.807, 2.05) is 30.3 Å². The first-order chi connectivity index (χ1) is 10.9. The standard InChI is InChI=1S/C15H14F3N3OS/c1-9-12-13(15(16,17)18)23-8-11(22)19-14(12)21(20-9)7-10-5-3-2-4-6-10/h2-6,13H,7-8H2,1H3,(H,19,22)/t13-/m1/s1. The quantitative estimate of drug-likeness (QED) is 0.909. The smallest absolute Gasteiger partial charge is 0.310 e. The number of hydrogen-bond donors (Lipinski definition) is 1. The lowest BCUT2D eigenvalue weighted by Gasteiger charge is -2.18. The fourth-order valence-electron chi connectivity index (χ4n) is 2.58. The number of fused-ring (bicyclic) bond motifs is 1. The maximum absolute atomic E-state index is 13.3. The van der Waals surface area contributed by atoms with Gasteiger partial charge in [-0.2, -0.15) is 18.3 Å². The van der Waals surface area contributed by atoms with Crippen LogP contribution in [0.4, 0.5) is 19.0 Å². The zero-order chi connectivity index (χ0) is 16.6. The maximum atomic E-state index is 13.3. The van der Waals surface area contributed by atoms with Crippen LogP contribution in [-0.2, 0) is 11.3 Å². The molecule has 0 spiro atoms. The van der Waals surface area contributed by atoms with Crippen LogP contribution in [0.15, 0.2) is 30.3 Å². The van der Waals surface area contributed by atoms with Crippen LogP contribution in [-0.4, -0.2) is 27.6 Å². The molecule has 2 heterocycles. The fourth-order valence-corrected chi connectivity index (χ4v) is 3.61. The molecular formula is C15H14F3N3OS. The van der Waals surface area contributed by atoms with Gasteiger partial charge in [-0.05, 0) is 12.5 Å². The monoisotopic (exact) mass is 341 g/mol. The van der Waals surface area contributed by atoms with Gasteiger partial charge in [0.25, 0.3) is 0 Å². The van der Waals surface area contributed by atoms with Gasteiger partial charge in [-0.25, -0.2) is 4.68 Å². The van der Waals surface area contributed by atoms with E-state index in [9.17, 15) is 18.0 Å². The average Bonchev–Trinajstić information content (AvgIpc) is 2.67. The molecular weight excluding hydrogens is 327 g/mol. The fraction of sp³-hybridized carbons (Fsp3) is 0.333. The Labute approximate surface area is 135 Å². The van der Waals surface area contributed by atoms with Crippen molar-refractivity contribution in [2.45, 2.75) is 24.9 Å². The van der Waals surface area contributed by atoms with Gasteiger partial charge in [-0.1, -0.05) is 30.3 Å². The van der Waals surface area contributed by atoms with E-state index >= 15 is 0 Å². The number of nitrogens with one attached hydrogen (secondary N) is 1. The number of hydrogen-bond acceptors (Lipinski definition) is 3. The Morgan fingerprint density at radius 1 is 1.35 bits per heavy atom. The number of benzene rings is 1. The second-order valence-electron chi connectivity index (χ2n) is 5.27. The molecule has 1 aromatic carbocycles. The summed E-state index contributed by atoms with van der Waals surface area (Å²) in [6.07, 6.45) is -4.43. The molecule has 1 aromatic heterocycles. The summed E-state index contributed by atoms with van der Waals surface area (Å²) in [7, 11) is 0. The van der Waals surface area contributed by atoms with Gasteiger partial charge in [0, 0.05) is 5.56 Å². The molecule has 3 rings (SSSR count). The Kier molecular flexibility index (Phi) is 4.09. The number of alkyl halides is 3. The number of aryl methyl sites for hydroxylation is 1. The molecule has 4 nitrogen and oxygen atoms in total. The summed E-state index contributed by atoms with van der Waals surface area (Å²) in [6, 6.07) is 9.26. The number of carbonyl (C=O) groups is 1. The predicted octanol–water partition coefficient (Wildman–Crippen LogP) is 3.53. The van der Waals surface area contributed by atoms with Gasteiger partial charge in [0.2, 0.25) is 5.91 Å². The van der Waals surface area contributed by atoms with Gasteiger partial charge in [0.1, 0.15) is 11.1 Å². The van der Waals surface area contributed by atoms with E-state index in [2.05, 4.69) is 10.4 Å². The Bertz CT molecular complexity index is 728. The van der Waals surface area contributed by atoms with Crippen molar-refractivity contribution in [2.75, 3.05) is 11.1 Å². The summed E-state index contributed by atoms with van der Waals surface area (Å²) in [5.74, 6) is -0.537. The molecule has 0 saturated heterocycles. The molecule has 1 aliphatic rings. The topological polar surface area (TPSA) is 46.9 Å². The highest BCUT2D eigenvalue weighted by Crippen LogP contribution is 2.48. The van der Waals surface area contributed by atoms with E-state index in [0.717, 1.165) is 5.56 Å². The van der Waals surface area contributed by atoms with Crippen LogP contribution < -0.4 is 5.32 Å². The molecule has 1 aliphatic heterocycles. The Morgan fingerprint density at radius 3 is 2.70 bits per heavy atom. The largest absolute Gasteiger partial charge is 0.404 e. The van der Waals surface area contributed by atoms with E-state index in [0.29, 0.717) is 18.3 Å². The zero-order valence-corrected chi connectivity index (χ0v) is 13.0. The molecule has 8 heteroatoms. The summed E-state index contributed by atoms with van der Waals surface area (Å²) >= 11 is 0.585. The van der Waals surface area contributed by atoms with Crippen LogP contribution in [0.5, 0.6) is 0 Å². The van der Waals surface area contributed by atoms with E-state index in [4.69, 9.17) is 0 Å². The first-order valence-electron chi connectivity index (χ1n) is 6.95. The third-order valence-corrected chi connectivity index (χ3v) is 4.81. The van der Waals surface area contributed by atoms with Crippen LogP contribution in [0.25, 0.3) is 0 Å². The minimum Gasteiger partial charge on any atom is -0.310 e. The normalized spacial score (nSPS) is 18.3. The first kappa shape index (κ1) is 15.9. The first-order valence-corrected chi connectivity index (χ1v) is 8.00. The molecule has 0 bridgehead atoms. The molecule has 122 valence electrons. The van der Waals surface area contributed by atoms with Crippen molar-refractivity contribution >= 4 is 23.5 Å². The van der Waals surface area contributed by atoms with Crippen LogP contribution >= 0.6 is 11.8 Å². The lowest BCUT2D eigenvalue weighted by atomic mass is 10.1. The zero-order valence-electron chi connectivity index (χ0n) is 12.2. The number of nitrogens with zero attached hydrogens (tertiary/aromatic N) is 2. The summed E-state index contributed by atoms with van der Waals surface area (Å²) in [4.78, 5) is 11.8. The predicted molar refractivity (Wildman–Crippen MR) is 82.4 cm³/mol. The summed E-state index contributed by atoms with van der Waals surface area (Å²) < 4.78 is 41.5. The third kappa shape index (κ3) is 3.21. The Morgan fingerprint density at radius 2 is 2.04 bits per heavy atom. The van der Waals surface area contributed by atoms with Crippen LogP contribution in [0, 0.1) is 6.92 Å². The lowest BCUT2D eigenvalue weighted by molar-refractivity contribution is -0.129. The van der Waals surface area contributed by atoms with Crippen molar-refractivity contribution < 1.29 is 18.0 Å². The number of anilines is 1. The molecule has 1 atom stereocenters. The minimum atomic E-state index is -4.43. The SMILES string of the molecule is Cc1nn(Cc2ccccc2)c2c1[C@H](C(F)(F)F)SCC(=O)N2. The Balaban J connectivity index is 2.06. The molecule has 0 fully saturated rings. The highest BCUT2D eigenvalue weighted by atomic mass is 32.2. The number of carbonyl (C=O) groups excluding carboxylic acids is 1. The van der Waals surface area contributed by atoms with E-state index in [1.165, 1.54) is 11.6 Å². The molecule has 1 amide bonds. The molecule has 0 unspecified atom stereocenters. The summed E-state index contributed by atoms with van der Waals surface area (Å²) in [6.45, 7) is 1.84. The molecule has 0 radical (unpaired) electrons. The molecule has 23 heavy (non-hydrogen) atoms. The lowest BCUT2D eigenvalue weighted by Crippen LogP contribution is -2.18. The van der Waals surface area contributed by atoms with E-state index < -0.39 is 17.3 Å². The maximum Gasteiger partial charge on any atom is 0.404 e. The highest BCUT2D eigenvalue weighted by molar-refractivity contribution is 8.00. The number of amides is 1. The van der Waals surface area contributed by atoms with Crippen molar-refractivity contribution in [1.82, 2.24) is 9.78 Å². The Hall–Kier alpha value is -1.96. The third-order valence-electron chi connectivity index (χ3n) is 3.55. The molecule has 1 N–H and O–H groups in total. The van der Waals surface area contributed by atoms with Gasteiger partial charge in [-0.3, -0.25) is 4.79 Å². The van der Waals surface area contributed by atoms with Gasteiger partial charge >= 0.3 is 6.18 Å². The highest BCUT2D eigenvalue weighted by Gasteiger charge is 2.46. The van der Waals surface area contributed by atoms with E-state index in [1.54, 1.807) is 0 Å². The molecule has 0 saturated carbocycles. The minimum absolute atomic E-state index is 0.0456. The van der Waals surface area contributed by atoms with Crippen molar-refractivity contribution in [2.24, 2.45) is 0 Å². The van der Waals surface area contributed by atoms with Gasteiger partial charge in [0.15, 0.2) is 0 Å². The second-order valence-corrected chi connectivity index (χ2v) is 6.37. The number of aromatic nitrogens is 2. The van der Waals surface area contributed by atoms with E-state index in [-0.39, 0.29) is 22.8 Å². The van der Waals surface area contributed by atoms with Crippen molar-refractivity contribution in [3.05, 3.63) is 47.2 Å². The van der Waals surface area contributed by atoms with Gasteiger partial charge in [0.05, 0.1) is 18.0 Å². The van der Waals surface area contributed by atoms with Crippen molar-refractivity contribution in [3.8, 4) is 0 Å². The van der Waals surface area contributed by atoms with Crippen molar-refractivity contribution in [1.29, 1.82) is 0 Å². The van der Waals surface area contributed by atoms with Gasteiger partial charge in [-0.15, -0.1) is 11.8 Å². The van der Waals surface area contributed by atoms with Gasteiger partial charge < -0.3 is 5.32 Å². The molecule has 2 aromatic rings. The number of thioether (sulfide) groups is 1. The summed E-state index contributed by atoms with van der Waals surface area (Å²) in [5, 5.41) is 5.04. The average molecular weight is 341 g/mol. The van der Waals surface area contributed by atoms with Crippen LogP contribution in [0.2, 0.25) is 0 Å². The van der Waals surface area contributed by atoms with Crippen LogP contribution in [0.3, 0.4) is 0 Å². The van der Waals surface area contributed by atoms with Crippen LogP contribution in [0.1, 0.15) is 22.1 Å². The number of halogens is 3. The van der Waals surface area contributed by atoms with Crippen molar-refractivity contribution in [3.63, 3.8) is 0 Å². The second kappa shape index (κ2) is 5.92. The molecule has 0 aliphatic carbocycles. The summed E-state index contributed by atoms with van der Waals surface area (Å²) in [5.41, 5.74) is 1.23. The number of rotatable bonds is 2.